The predicted octanol–water partition coefficient (Wildman–Crippen LogP) is 2.36. The van der Waals surface area contributed by atoms with Crippen LogP contribution in [0.4, 0.5) is 0 Å². The van der Waals surface area contributed by atoms with Crippen LogP contribution in [0.1, 0.15) is 19.4 Å². The molecular formula is C12H20N2S. The van der Waals surface area contributed by atoms with Gasteiger partial charge in [-0.15, -0.1) is 0 Å². The van der Waals surface area contributed by atoms with E-state index in [1.165, 1.54) is 17.1 Å². The SMILES string of the molecule is CCSCC(C)NCCc1cccnc1. The van der Waals surface area contributed by atoms with E-state index in [-0.39, 0.29) is 0 Å². The van der Waals surface area contributed by atoms with Gasteiger partial charge in [0, 0.05) is 24.2 Å². The van der Waals surface area contributed by atoms with Gasteiger partial charge in [0.2, 0.25) is 0 Å². The minimum Gasteiger partial charge on any atom is -0.313 e. The Bertz CT molecular complexity index is 251. The molecule has 0 fully saturated rings. The van der Waals surface area contributed by atoms with Gasteiger partial charge < -0.3 is 5.32 Å². The molecule has 1 unspecified atom stereocenters. The third kappa shape index (κ3) is 5.80. The van der Waals surface area contributed by atoms with E-state index in [0.717, 1.165) is 13.0 Å². The molecule has 0 radical (unpaired) electrons. The number of nitrogens with zero attached hydrogens (tertiary/aromatic N) is 1. The van der Waals surface area contributed by atoms with Crippen LogP contribution in [0.2, 0.25) is 0 Å². The molecule has 84 valence electrons. The predicted molar refractivity (Wildman–Crippen MR) is 68.4 cm³/mol. The number of nitrogens with one attached hydrogen (secondary N) is 1. The van der Waals surface area contributed by atoms with E-state index < -0.39 is 0 Å². The molecule has 3 heteroatoms. The summed E-state index contributed by atoms with van der Waals surface area (Å²) in [6.07, 6.45) is 4.82. The summed E-state index contributed by atoms with van der Waals surface area (Å²) in [6, 6.07) is 4.72. The Hall–Kier alpha value is -0.540. The molecule has 1 rings (SSSR count). The summed E-state index contributed by atoms with van der Waals surface area (Å²) < 4.78 is 0. The van der Waals surface area contributed by atoms with Crippen molar-refractivity contribution in [2.45, 2.75) is 26.3 Å². The maximum atomic E-state index is 4.10. The molecule has 1 heterocycles. The molecule has 1 atom stereocenters. The van der Waals surface area contributed by atoms with Crippen LogP contribution < -0.4 is 5.32 Å². The van der Waals surface area contributed by atoms with Crippen LogP contribution in [0.3, 0.4) is 0 Å². The molecule has 1 N–H and O–H groups in total. The van der Waals surface area contributed by atoms with E-state index in [1.54, 1.807) is 0 Å². The van der Waals surface area contributed by atoms with Crippen LogP contribution in [-0.2, 0) is 6.42 Å². The minimum absolute atomic E-state index is 0.603. The van der Waals surface area contributed by atoms with Gasteiger partial charge >= 0.3 is 0 Å². The second kappa shape index (κ2) is 7.71. The van der Waals surface area contributed by atoms with Gasteiger partial charge in [0.1, 0.15) is 0 Å². The zero-order chi connectivity index (χ0) is 10.9. The minimum atomic E-state index is 0.603. The quantitative estimate of drug-likeness (QED) is 0.769. The van der Waals surface area contributed by atoms with Gasteiger partial charge in [-0.2, -0.15) is 11.8 Å². The normalized spacial score (nSPS) is 12.7. The number of rotatable bonds is 7. The van der Waals surface area contributed by atoms with Crippen molar-refractivity contribution >= 4 is 11.8 Å². The van der Waals surface area contributed by atoms with Crippen LogP contribution in [-0.4, -0.2) is 29.1 Å². The first kappa shape index (κ1) is 12.5. The number of pyridine rings is 1. The van der Waals surface area contributed by atoms with Crippen molar-refractivity contribution in [2.75, 3.05) is 18.1 Å². The molecular weight excluding hydrogens is 204 g/mol. The van der Waals surface area contributed by atoms with Gasteiger partial charge in [-0.1, -0.05) is 13.0 Å². The van der Waals surface area contributed by atoms with E-state index in [1.807, 2.05) is 30.2 Å². The van der Waals surface area contributed by atoms with Gasteiger partial charge in [-0.3, -0.25) is 4.98 Å². The highest BCUT2D eigenvalue weighted by Crippen LogP contribution is 2.01. The second-order valence-corrected chi connectivity index (χ2v) is 4.94. The van der Waals surface area contributed by atoms with E-state index in [2.05, 4.69) is 30.2 Å². The lowest BCUT2D eigenvalue weighted by molar-refractivity contribution is 0.596. The zero-order valence-corrected chi connectivity index (χ0v) is 10.4. The number of hydrogen-bond donors (Lipinski definition) is 1. The van der Waals surface area contributed by atoms with E-state index in [0.29, 0.717) is 6.04 Å². The Balaban J connectivity index is 2.11. The number of hydrogen-bond acceptors (Lipinski definition) is 3. The van der Waals surface area contributed by atoms with Gasteiger partial charge in [0.15, 0.2) is 0 Å². The maximum absolute atomic E-state index is 4.10. The van der Waals surface area contributed by atoms with Crippen molar-refractivity contribution in [2.24, 2.45) is 0 Å². The first-order valence-electron chi connectivity index (χ1n) is 5.53. The lowest BCUT2D eigenvalue weighted by Gasteiger charge is -2.12. The molecule has 0 aliphatic rings. The summed E-state index contributed by atoms with van der Waals surface area (Å²) >= 11 is 1.99. The van der Waals surface area contributed by atoms with Crippen LogP contribution >= 0.6 is 11.8 Å². The molecule has 0 aliphatic heterocycles. The molecule has 0 aliphatic carbocycles. The van der Waals surface area contributed by atoms with Crippen molar-refractivity contribution in [3.05, 3.63) is 30.1 Å². The molecule has 0 aromatic carbocycles. The molecule has 0 saturated carbocycles. The van der Waals surface area contributed by atoms with E-state index in [4.69, 9.17) is 0 Å². The Labute approximate surface area is 96.9 Å². The summed E-state index contributed by atoms with van der Waals surface area (Å²) in [6.45, 7) is 5.48. The second-order valence-electron chi connectivity index (χ2n) is 3.63. The first-order valence-corrected chi connectivity index (χ1v) is 6.68. The van der Waals surface area contributed by atoms with Crippen molar-refractivity contribution in [1.82, 2.24) is 10.3 Å². The standard InChI is InChI=1S/C12H20N2S/c1-3-15-10-11(2)14-8-6-12-5-4-7-13-9-12/h4-5,7,9,11,14H,3,6,8,10H2,1-2H3. The Morgan fingerprint density at radius 2 is 2.40 bits per heavy atom. The van der Waals surface area contributed by atoms with Crippen LogP contribution in [0, 0.1) is 0 Å². The van der Waals surface area contributed by atoms with Crippen molar-refractivity contribution in [3.8, 4) is 0 Å². The number of aromatic nitrogens is 1. The Morgan fingerprint density at radius 3 is 3.07 bits per heavy atom. The van der Waals surface area contributed by atoms with Crippen LogP contribution in [0.5, 0.6) is 0 Å². The molecule has 0 amide bonds. The smallest absolute Gasteiger partial charge is 0.0300 e. The van der Waals surface area contributed by atoms with Gasteiger partial charge in [0.05, 0.1) is 0 Å². The molecule has 0 spiro atoms. The van der Waals surface area contributed by atoms with Gasteiger partial charge in [0.25, 0.3) is 0 Å². The lowest BCUT2D eigenvalue weighted by atomic mass is 10.2. The summed E-state index contributed by atoms with van der Waals surface area (Å²) in [5, 5.41) is 3.52. The average Bonchev–Trinajstić information content (AvgIpc) is 2.28. The molecule has 0 bridgehead atoms. The first-order chi connectivity index (χ1) is 7.33. The maximum Gasteiger partial charge on any atom is 0.0300 e. The van der Waals surface area contributed by atoms with Crippen LogP contribution in [0.25, 0.3) is 0 Å². The van der Waals surface area contributed by atoms with Gasteiger partial charge in [-0.25, -0.2) is 0 Å². The van der Waals surface area contributed by atoms with Crippen molar-refractivity contribution in [1.29, 1.82) is 0 Å². The lowest BCUT2D eigenvalue weighted by Crippen LogP contribution is -2.30. The Morgan fingerprint density at radius 1 is 1.53 bits per heavy atom. The Kier molecular flexibility index (Phi) is 6.44. The fourth-order valence-corrected chi connectivity index (χ4v) is 2.07. The summed E-state index contributed by atoms with van der Waals surface area (Å²) in [5.41, 5.74) is 1.31. The fourth-order valence-electron chi connectivity index (χ4n) is 1.36. The van der Waals surface area contributed by atoms with Gasteiger partial charge in [-0.05, 0) is 37.3 Å². The van der Waals surface area contributed by atoms with Crippen LogP contribution in [0.15, 0.2) is 24.5 Å². The largest absolute Gasteiger partial charge is 0.313 e. The summed E-state index contributed by atoms with van der Waals surface area (Å²) in [4.78, 5) is 4.10. The third-order valence-corrected chi connectivity index (χ3v) is 3.35. The fraction of sp³-hybridized carbons (Fsp3) is 0.583. The molecule has 15 heavy (non-hydrogen) atoms. The molecule has 0 saturated heterocycles. The highest BCUT2D eigenvalue weighted by molar-refractivity contribution is 7.99. The molecule has 2 nitrogen and oxygen atoms in total. The topological polar surface area (TPSA) is 24.9 Å². The molecule has 1 aromatic heterocycles. The monoisotopic (exact) mass is 224 g/mol. The van der Waals surface area contributed by atoms with Crippen molar-refractivity contribution in [3.63, 3.8) is 0 Å². The van der Waals surface area contributed by atoms with E-state index >= 15 is 0 Å². The highest BCUT2D eigenvalue weighted by Gasteiger charge is 2.00. The average molecular weight is 224 g/mol. The zero-order valence-electron chi connectivity index (χ0n) is 9.57. The number of thioether (sulfide) groups is 1. The molecule has 1 aromatic rings. The van der Waals surface area contributed by atoms with E-state index in [9.17, 15) is 0 Å². The van der Waals surface area contributed by atoms with Crippen molar-refractivity contribution < 1.29 is 0 Å². The highest BCUT2D eigenvalue weighted by atomic mass is 32.2. The summed E-state index contributed by atoms with van der Waals surface area (Å²) in [5.74, 6) is 2.40. The third-order valence-electron chi connectivity index (χ3n) is 2.20. The summed E-state index contributed by atoms with van der Waals surface area (Å²) in [7, 11) is 0.